The summed E-state index contributed by atoms with van der Waals surface area (Å²) in [5, 5.41) is 16.0. The van der Waals surface area contributed by atoms with Crippen molar-refractivity contribution in [3.8, 4) is 0 Å². The molecular weight excluding hydrogens is 304 g/mol. The number of aliphatic hydroxyl groups excluding tert-OH is 1. The van der Waals surface area contributed by atoms with E-state index < -0.39 is 0 Å². The molecule has 0 radical (unpaired) electrons. The van der Waals surface area contributed by atoms with Crippen LogP contribution in [0.25, 0.3) is 0 Å². The Hall–Kier alpha value is -2.08. The largest absolute Gasteiger partial charge is 0.396 e. The quantitative estimate of drug-likeness (QED) is 0.513. The number of guanidine groups is 1. The van der Waals surface area contributed by atoms with E-state index in [1.54, 1.807) is 0 Å². The lowest BCUT2D eigenvalue weighted by Gasteiger charge is -2.18. The van der Waals surface area contributed by atoms with Crippen LogP contribution in [-0.4, -0.2) is 61.2 Å². The van der Waals surface area contributed by atoms with Crippen molar-refractivity contribution in [2.45, 2.75) is 25.7 Å². The molecule has 132 valence electrons. The van der Waals surface area contributed by atoms with Gasteiger partial charge in [-0.25, -0.2) is 4.99 Å². The molecule has 1 atom stereocenters. The van der Waals surface area contributed by atoms with E-state index >= 15 is 0 Å². The lowest BCUT2D eigenvalue weighted by Crippen LogP contribution is -2.41. The summed E-state index contributed by atoms with van der Waals surface area (Å²) in [6.07, 6.45) is 2.17. The first kappa shape index (κ1) is 18.3. The average Bonchev–Trinajstić information content (AvgIpc) is 3.15. The summed E-state index contributed by atoms with van der Waals surface area (Å²) >= 11 is 0. The van der Waals surface area contributed by atoms with Crippen molar-refractivity contribution >= 4 is 11.9 Å². The van der Waals surface area contributed by atoms with E-state index in [0.717, 1.165) is 38.0 Å². The second-order valence-electron chi connectivity index (χ2n) is 5.95. The lowest BCUT2D eigenvalue weighted by molar-refractivity contribution is -0.128. The van der Waals surface area contributed by atoms with Gasteiger partial charge in [-0.05, 0) is 25.3 Å². The molecule has 0 aliphatic carbocycles. The molecule has 0 aromatic heterocycles. The Balaban J connectivity index is 1.89. The summed E-state index contributed by atoms with van der Waals surface area (Å²) in [5.74, 6) is 0.676. The van der Waals surface area contributed by atoms with Crippen LogP contribution in [0, 0.1) is 0 Å². The normalized spacial score (nSPS) is 16.1. The zero-order valence-electron chi connectivity index (χ0n) is 14.4. The van der Waals surface area contributed by atoms with Gasteiger partial charge in [0.1, 0.15) is 6.54 Å². The van der Waals surface area contributed by atoms with Crippen LogP contribution in [0.2, 0.25) is 0 Å². The molecular formula is C18H28N4O2. The number of carbonyl (C=O) groups is 1. The van der Waals surface area contributed by atoms with Crippen LogP contribution in [0.5, 0.6) is 0 Å². The van der Waals surface area contributed by atoms with Gasteiger partial charge in [-0.15, -0.1) is 0 Å². The third-order valence-electron chi connectivity index (χ3n) is 4.18. The molecule has 1 unspecified atom stereocenters. The summed E-state index contributed by atoms with van der Waals surface area (Å²) in [4.78, 5) is 18.3. The van der Waals surface area contributed by atoms with E-state index in [2.05, 4.69) is 15.6 Å². The number of amides is 1. The SMILES string of the molecule is CCNC(=NCC(=O)N1CCCC1)NCC(CO)c1ccccc1. The number of nitrogens with zero attached hydrogens (tertiary/aromatic N) is 2. The second-order valence-corrected chi connectivity index (χ2v) is 5.95. The molecule has 1 heterocycles. The van der Waals surface area contributed by atoms with Crippen molar-refractivity contribution in [1.29, 1.82) is 0 Å². The maximum Gasteiger partial charge on any atom is 0.244 e. The van der Waals surface area contributed by atoms with E-state index in [1.807, 2.05) is 42.2 Å². The summed E-state index contributed by atoms with van der Waals surface area (Å²) in [7, 11) is 0. The van der Waals surface area contributed by atoms with Gasteiger partial charge in [0, 0.05) is 32.1 Å². The number of hydrogen-bond acceptors (Lipinski definition) is 3. The predicted octanol–water partition coefficient (Wildman–Crippen LogP) is 0.940. The molecule has 1 amide bonds. The zero-order chi connectivity index (χ0) is 17.2. The Bertz CT molecular complexity index is 527. The van der Waals surface area contributed by atoms with Crippen LogP contribution >= 0.6 is 0 Å². The number of hydrogen-bond donors (Lipinski definition) is 3. The first-order valence-electron chi connectivity index (χ1n) is 8.70. The molecule has 1 aromatic rings. The van der Waals surface area contributed by atoms with Gasteiger partial charge < -0.3 is 20.6 Å². The average molecular weight is 332 g/mol. The number of aliphatic hydroxyl groups is 1. The van der Waals surface area contributed by atoms with Crippen LogP contribution in [0.1, 0.15) is 31.2 Å². The molecule has 1 aliphatic rings. The van der Waals surface area contributed by atoms with Crippen molar-refractivity contribution in [2.24, 2.45) is 4.99 Å². The summed E-state index contributed by atoms with van der Waals surface area (Å²) < 4.78 is 0. The van der Waals surface area contributed by atoms with E-state index in [4.69, 9.17) is 0 Å². The monoisotopic (exact) mass is 332 g/mol. The summed E-state index contributed by atoms with van der Waals surface area (Å²) in [6, 6.07) is 9.89. The Morgan fingerprint density at radius 3 is 2.58 bits per heavy atom. The molecule has 2 rings (SSSR count). The number of benzene rings is 1. The molecule has 1 aromatic carbocycles. The van der Waals surface area contributed by atoms with Gasteiger partial charge in [0.15, 0.2) is 5.96 Å². The Kier molecular flexibility index (Phi) is 7.55. The van der Waals surface area contributed by atoms with Gasteiger partial charge in [0.25, 0.3) is 0 Å². The van der Waals surface area contributed by atoms with Gasteiger partial charge in [0.2, 0.25) is 5.91 Å². The highest BCUT2D eigenvalue weighted by molar-refractivity contribution is 5.85. The van der Waals surface area contributed by atoms with Crippen LogP contribution in [0.15, 0.2) is 35.3 Å². The molecule has 0 saturated carbocycles. The number of rotatable bonds is 7. The highest BCUT2D eigenvalue weighted by Crippen LogP contribution is 2.13. The Morgan fingerprint density at radius 1 is 1.25 bits per heavy atom. The molecule has 6 heteroatoms. The van der Waals surface area contributed by atoms with Crippen molar-refractivity contribution in [3.05, 3.63) is 35.9 Å². The third kappa shape index (κ3) is 5.53. The number of aliphatic imine (C=N–C) groups is 1. The minimum Gasteiger partial charge on any atom is -0.396 e. The molecule has 3 N–H and O–H groups in total. The van der Waals surface area contributed by atoms with Crippen molar-refractivity contribution in [3.63, 3.8) is 0 Å². The van der Waals surface area contributed by atoms with Crippen molar-refractivity contribution < 1.29 is 9.90 Å². The molecule has 0 bridgehead atoms. The van der Waals surface area contributed by atoms with Crippen molar-refractivity contribution in [2.75, 3.05) is 39.3 Å². The van der Waals surface area contributed by atoms with Gasteiger partial charge in [-0.1, -0.05) is 30.3 Å². The van der Waals surface area contributed by atoms with Gasteiger partial charge in [-0.3, -0.25) is 4.79 Å². The molecule has 24 heavy (non-hydrogen) atoms. The molecule has 0 spiro atoms. The maximum absolute atomic E-state index is 12.1. The number of carbonyl (C=O) groups excluding carboxylic acids is 1. The minimum absolute atomic E-state index is 0.00987. The Labute approximate surface area is 144 Å². The highest BCUT2D eigenvalue weighted by atomic mass is 16.3. The smallest absolute Gasteiger partial charge is 0.244 e. The fraction of sp³-hybridized carbons (Fsp3) is 0.556. The van der Waals surface area contributed by atoms with Gasteiger partial charge >= 0.3 is 0 Å². The standard InChI is InChI=1S/C18H28N4O2/c1-2-19-18(21-13-17(24)22-10-6-7-11-22)20-12-16(14-23)15-8-4-3-5-9-15/h3-5,8-9,16,23H,2,6-7,10-14H2,1H3,(H2,19,20,21). The first-order chi connectivity index (χ1) is 11.7. The maximum atomic E-state index is 12.1. The van der Waals surface area contributed by atoms with Gasteiger partial charge in [0.05, 0.1) is 6.61 Å². The zero-order valence-corrected chi connectivity index (χ0v) is 14.4. The first-order valence-corrected chi connectivity index (χ1v) is 8.70. The van der Waals surface area contributed by atoms with E-state index in [9.17, 15) is 9.90 Å². The highest BCUT2D eigenvalue weighted by Gasteiger charge is 2.17. The fourth-order valence-corrected chi connectivity index (χ4v) is 2.79. The van der Waals surface area contributed by atoms with Crippen LogP contribution < -0.4 is 10.6 Å². The van der Waals surface area contributed by atoms with Crippen LogP contribution in [0.3, 0.4) is 0 Å². The van der Waals surface area contributed by atoms with E-state index in [1.165, 1.54) is 0 Å². The predicted molar refractivity (Wildman–Crippen MR) is 96.1 cm³/mol. The number of likely N-dealkylation sites (tertiary alicyclic amines) is 1. The minimum atomic E-state index is -0.00987. The third-order valence-corrected chi connectivity index (χ3v) is 4.18. The molecule has 1 saturated heterocycles. The van der Waals surface area contributed by atoms with E-state index in [-0.39, 0.29) is 25.0 Å². The fourth-order valence-electron chi connectivity index (χ4n) is 2.79. The number of nitrogens with one attached hydrogen (secondary N) is 2. The van der Waals surface area contributed by atoms with Crippen molar-refractivity contribution in [1.82, 2.24) is 15.5 Å². The van der Waals surface area contributed by atoms with Gasteiger partial charge in [-0.2, -0.15) is 0 Å². The molecule has 1 fully saturated rings. The van der Waals surface area contributed by atoms with Crippen LogP contribution in [0.4, 0.5) is 0 Å². The topological polar surface area (TPSA) is 77.0 Å². The summed E-state index contributed by atoms with van der Waals surface area (Å²) in [6.45, 7) is 5.18. The van der Waals surface area contributed by atoms with Crippen LogP contribution in [-0.2, 0) is 4.79 Å². The molecule has 1 aliphatic heterocycles. The molecule has 6 nitrogen and oxygen atoms in total. The van der Waals surface area contributed by atoms with E-state index in [0.29, 0.717) is 12.5 Å². The second kappa shape index (κ2) is 9.93. The lowest BCUT2D eigenvalue weighted by atomic mass is 10.0. The Morgan fingerprint density at radius 2 is 1.96 bits per heavy atom. The summed E-state index contributed by atoms with van der Waals surface area (Å²) in [5.41, 5.74) is 1.08.